The quantitative estimate of drug-likeness (QED) is 0.0309. The highest BCUT2D eigenvalue weighted by Crippen LogP contribution is 2.25. The van der Waals surface area contributed by atoms with Crippen LogP contribution in [-0.4, -0.2) is 0 Å². The monoisotopic (exact) mass is 1220 g/mol. The molecule has 0 saturated carbocycles. The van der Waals surface area contributed by atoms with Gasteiger partial charge in [-0.25, -0.2) is 35.1 Å². The van der Waals surface area contributed by atoms with Gasteiger partial charge in [0.1, 0.15) is 21.5 Å². The summed E-state index contributed by atoms with van der Waals surface area (Å²) in [5.41, 5.74) is 3.78. The number of fused-ring (bicyclic) bond motifs is 12. The molecular formula is C84H64F8. The SMILES string of the molecule is CCCCCCc1cc2c#cc#cc3cc(CCCCCC)cc(c#cc#cc4c(F)c(F)c(F)c(c#cc#cc5cc(CCCCCC)cc(c#cc#cc6c(F)c(F)c(F)c(c#cc#cc7cc(CCCCCC)cc(c#cc#cc(c1)c2)c7)c6F)c5)c4F)c3. The largest absolute Gasteiger partial charge is 0.204 e. The smallest absolute Gasteiger partial charge is 0.197 e. The van der Waals surface area contributed by atoms with Crippen molar-refractivity contribution in [2.45, 2.75) is 156 Å². The van der Waals surface area contributed by atoms with E-state index in [4.69, 9.17) is 0 Å². The Hall–Kier alpha value is -10.5. The third-order valence-electron chi connectivity index (χ3n) is 14.6. The van der Waals surface area contributed by atoms with Crippen LogP contribution < -0.4 is 0 Å². The standard InChI is InChI=1S/C84H64F8/c1-5-9-13-17-33-61-49-65-37-21-23-39-67-51-62(34-18-14-10-6-2)53-69(58-67)41-25-29-45-73-77(85)75(81(89)83(91)79(73)87)47-31-27-43-71-55-64(36-20-16-12-8-4)56-72(60-71)44-28-32-48-76-78(86)74(80(88)84(92)82(76)90)46-30-26-42-70-54-63(35-19-15-11-7-3)52-68(59-70)40-24-22-38-66(50-61)57-65/h49-60H,5-20,33-36H2,1-4H3. The minimum absolute atomic E-state index is 0.349. The van der Waals surface area contributed by atoms with Gasteiger partial charge in [-0.05, 0) is 243 Å². The van der Waals surface area contributed by atoms with Gasteiger partial charge in [-0.15, -0.1) is 0 Å². The molecule has 0 aliphatic rings. The van der Waals surface area contributed by atoms with Crippen LogP contribution in [0.4, 0.5) is 35.1 Å². The molecule has 8 heteroatoms. The molecule has 92 heavy (non-hydrogen) atoms. The lowest BCUT2D eigenvalue weighted by Crippen LogP contribution is -1.95. The zero-order valence-electron chi connectivity index (χ0n) is 52.1. The molecule has 0 atom stereocenters. The zero-order chi connectivity index (χ0) is 65.5. The maximum atomic E-state index is 15.9. The van der Waals surface area contributed by atoms with Gasteiger partial charge in [0, 0.05) is 43.1 Å². The second kappa shape index (κ2) is 36.8. The summed E-state index contributed by atoms with van der Waals surface area (Å²) in [7, 11) is 0. The maximum absolute atomic E-state index is 15.9. The zero-order valence-corrected chi connectivity index (χ0v) is 52.1. The Bertz CT molecular complexity index is 3940. The van der Waals surface area contributed by atoms with Crippen LogP contribution in [-0.2, 0) is 25.7 Å². The average Bonchev–Trinajstić information content (AvgIpc) is 0.972. The van der Waals surface area contributed by atoms with Gasteiger partial charge >= 0.3 is 0 Å². The lowest BCUT2D eigenvalue weighted by atomic mass is 10.0. The lowest BCUT2D eigenvalue weighted by Gasteiger charge is -2.01. The molecule has 0 nitrogen and oxygen atoms in total. The van der Waals surface area contributed by atoms with Crippen LogP contribution in [0, 0.1) is 192 Å². The van der Waals surface area contributed by atoms with E-state index in [-0.39, 0.29) is 0 Å². The molecule has 0 aromatic heterocycles. The summed E-state index contributed by atoms with van der Waals surface area (Å²) in [5, 5.41) is 0.0570. The van der Waals surface area contributed by atoms with E-state index in [0.29, 0.717) is 49.5 Å². The van der Waals surface area contributed by atoms with Crippen molar-refractivity contribution in [1.29, 1.82) is 0 Å². The van der Waals surface area contributed by atoms with Crippen LogP contribution in [0.15, 0.2) is 72.8 Å². The Morgan fingerprint density at radius 3 is 0.543 bits per heavy atom. The Morgan fingerprint density at radius 1 is 0.196 bits per heavy atom. The molecule has 0 N–H and O–H groups in total. The fourth-order valence-corrected chi connectivity index (χ4v) is 9.85. The molecule has 12 bridgehead atoms. The summed E-state index contributed by atoms with van der Waals surface area (Å²) in [4.78, 5) is 0. The van der Waals surface area contributed by atoms with Crippen LogP contribution >= 0.6 is 0 Å². The topological polar surface area (TPSA) is 0 Å². The van der Waals surface area contributed by atoms with E-state index in [1.165, 1.54) is 6.07 Å². The van der Waals surface area contributed by atoms with Gasteiger partial charge in [0.15, 0.2) is 46.5 Å². The summed E-state index contributed by atoms with van der Waals surface area (Å²) >= 11 is 0. The minimum atomic E-state index is -1.99. The summed E-state index contributed by atoms with van der Waals surface area (Å²) in [5.74, 6) is -14.5. The van der Waals surface area contributed by atoms with E-state index in [1.807, 2.05) is 42.5 Å². The summed E-state index contributed by atoms with van der Waals surface area (Å²) in [6.45, 7) is 8.50. The van der Waals surface area contributed by atoms with E-state index < -0.39 is 68.1 Å². The molecule has 0 amide bonds. The van der Waals surface area contributed by atoms with Gasteiger partial charge in [0.2, 0.25) is 0 Å². The van der Waals surface area contributed by atoms with Crippen molar-refractivity contribution in [3.05, 3.63) is 287 Å². The number of benzene rings is 6. The Morgan fingerprint density at radius 2 is 0.370 bits per heavy atom. The first-order valence-corrected chi connectivity index (χ1v) is 31.2. The highest BCUT2D eigenvalue weighted by Gasteiger charge is 2.20. The minimum Gasteiger partial charge on any atom is -0.204 e. The van der Waals surface area contributed by atoms with Crippen LogP contribution in [0.5, 0.6) is 0 Å². The van der Waals surface area contributed by atoms with Gasteiger partial charge in [0.05, 0.1) is 0 Å². The number of rotatable bonds is 20. The maximum Gasteiger partial charge on any atom is 0.197 e. The van der Waals surface area contributed by atoms with E-state index in [2.05, 4.69) is 173 Å². The lowest BCUT2D eigenvalue weighted by molar-refractivity contribution is 0.450. The van der Waals surface area contributed by atoms with E-state index in [1.54, 1.807) is 24.3 Å². The third-order valence-corrected chi connectivity index (χ3v) is 14.6. The average molecular weight is 1230 g/mol. The van der Waals surface area contributed by atoms with Crippen molar-refractivity contribution < 1.29 is 35.1 Å². The first kappa shape index (κ1) is 69.0. The van der Waals surface area contributed by atoms with Crippen molar-refractivity contribution in [3.8, 4) is 0 Å². The second-order valence-corrected chi connectivity index (χ2v) is 21.9. The highest BCUT2D eigenvalue weighted by atomic mass is 19.2. The molecule has 0 saturated heterocycles. The first-order valence-electron chi connectivity index (χ1n) is 31.2. The van der Waals surface area contributed by atoms with Crippen molar-refractivity contribution in [2.75, 3.05) is 0 Å². The predicted molar refractivity (Wildman–Crippen MR) is 347 cm³/mol. The van der Waals surface area contributed by atoms with Crippen molar-refractivity contribution in [1.82, 2.24) is 0 Å². The van der Waals surface area contributed by atoms with Crippen LogP contribution in [0.2, 0.25) is 0 Å². The summed E-state index contributed by atoms with van der Waals surface area (Å²) in [6.07, 6.45) is 19.1. The molecule has 7 aromatic rings. The Balaban J connectivity index is 1.43. The molecule has 0 spiro atoms. The number of hydrogen-bond donors (Lipinski definition) is 0. The van der Waals surface area contributed by atoms with Crippen LogP contribution in [0.1, 0.15) is 153 Å². The summed E-state index contributed by atoms with van der Waals surface area (Å²) in [6, 6.07) is 86.5. The van der Waals surface area contributed by atoms with E-state index in [0.717, 1.165) is 144 Å². The molecule has 0 aliphatic heterocycles. The predicted octanol–water partition coefficient (Wildman–Crippen LogP) is 21.8. The highest BCUT2D eigenvalue weighted by molar-refractivity contribution is 5.71. The third kappa shape index (κ3) is 21.3. The fourth-order valence-electron chi connectivity index (χ4n) is 9.85. The Kier molecular flexibility index (Phi) is 27.6. The number of hydrogen-bond acceptors (Lipinski definition) is 0. The van der Waals surface area contributed by atoms with E-state index >= 15 is 35.1 Å². The van der Waals surface area contributed by atoms with Gasteiger partial charge in [-0.3, -0.25) is 0 Å². The first-order chi connectivity index (χ1) is 44.8. The van der Waals surface area contributed by atoms with Gasteiger partial charge in [-0.2, -0.15) is 0 Å². The number of unbranched alkanes of at least 4 members (excludes halogenated alkanes) is 12. The van der Waals surface area contributed by atoms with Crippen molar-refractivity contribution in [2.24, 2.45) is 0 Å². The van der Waals surface area contributed by atoms with Gasteiger partial charge < -0.3 is 0 Å². The normalized spacial score (nSPS) is 9.78. The van der Waals surface area contributed by atoms with Crippen LogP contribution in [0.25, 0.3) is 64.6 Å². The molecular weight excluding hydrogens is 1160 g/mol. The molecule has 0 radical (unpaired) electrons. The molecule has 0 fully saturated rings. The number of halogens is 8. The second-order valence-electron chi connectivity index (χ2n) is 21.9. The van der Waals surface area contributed by atoms with Gasteiger partial charge in [-0.1, -0.05) is 153 Å². The van der Waals surface area contributed by atoms with Crippen molar-refractivity contribution in [3.63, 3.8) is 0 Å². The van der Waals surface area contributed by atoms with E-state index in [9.17, 15) is 0 Å². The van der Waals surface area contributed by atoms with Crippen LogP contribution in [0.3, 0.4) is 0 Å². The fraction of sp³-hybridized carbons (Fsp3) is 0.286. The molecule has 7 rings (SSSR count). The molecule has 456 valence electrons. The molecule has 0 aliphatic carbocycles. The summed E-state index contributed by atoms with van der Waals surface area (Å²) < 4.78 is 123. The Labute approximate surface area is 540 Å². The van der Waals surface area contributed by atoms with Gasteiger partial charge in [0.25, 0.3) is 0 Å². The molecule has 0 unspecified atom stereocenters. The van der Waals surface area contributed by atoms with Crippen molar-refractivity contribution >= 4 is 64.6 Å². The number of aryl methyl sites for hydroxylation is 4. The molecule has 7 aromatic carbocycles. The molecule has 0 heterocycles.